The van der Waals surface area contributed by atoms with E-state index in [0.717, 1.165) is 57.2 Å². The molecule has 0 atom stereocenters. The standard InChI is InChI=1S/C20H18ClN5.ClH/c1-12-8-16(24-18(22)9-12)6-7-19-25-17-10-14(11-23-20(17)26-19)13-2-4-15(21)5-3-13;/h2-5,8-11H,6-7H2,1H3,(H2,22,24)(H,23,25,26);1H. The first-order chi connectivity index (χ1) is 12.6. The number of pyridine rings is 2. The first-order valence-corrected chi connectivity index (χ1v) is 8.78. The third-order valence-electron chi connectivity index (χ3n) is 4.22. The largest absolute Gasteiger partial charge is 0.384 e. The monoisotopic (exact) mass is 399 g/mol. The normalized spacial score (nSPS) is 10.7. The Hall–Kier alpha value is -2.63. The van der Waals surface area contributed by atoms with Crippen LogP contribution in [0.2, 0.25) is 5.02 Å². The van der Waals surface area contributed by atoms with Gasteiger partial charge >= 0.3 is 0 Å². The summed E-state index contributed by atoms with van der Waals surface area (Å²) in [6, 6.07) is 13.7. The number of fused-ring (bicyclic) bond motifs is 1. The molecule has 0 aliphatic heterocycles. The van der Waals surface area contributed by atoms with Crippen LogP contribution < -0.4 is 5.73 Å². The molecule has 3 N–H and O–H groups in total. The summed E-state index contributed by atoms with van der Waals surface area (Å²) >= 11 is 5.96. The first kappa shape index (κ1) is 19.1. The fourth-order valence-electron chi connectivity index (χ4n) is 3.01. The Morgan fingerprint density at radius 3 is 2.52 bits per heavy atom. The summed E-state index contributed by atoms with van der Waals surface area (Å²) in [4.78, 5) is 16.8. The van der Waals surface area contributed by atoms with E-state index < -0.39 is 0 Å². The molecule has 0 aliphatic rings. The minimum atomic E-state index is 0. The molecule has 138 valence electrons. The molecule has 3 heterocycles. The number of benzene rings is 1. The molecule has 4 rings (SSSR count). The quantitative estimate of drug-likeness (QED) is 0.517. The molecular formula is C20H19Cl2N5. The zero-order valence-corrected chi connectivity index (χ0v) is 16.3. The molecule has 0 spiro atoms. The van der Waals surface area contributed by atoms with Crippen LogP contribution in [0.15, 0.2) is 48.7 Å². The second-order valence-corrected chi connectivity index (χ2v) is 6.78. The Morgan fingerprint density at radius 2 is 1.78 bits per heavy atom. The Morgan fingerprint density at radius 1 is 1.00 bits per heavy atom. The number of rotatable bonds is 4. The van der Waals surface area contributed by atoms with Gasteiger partial charge in [-0.2, -0.15) is 0 Å². The summed E-state index contributed by atoms with van der Waals surface area (Å²) in [5.41, 5.74) is 11.6. The van der Waals surface area contributed by atoms with Gasteiger partial charge in [0.25, 0.3) is 0 Å². The highest BCUT2D eigenvalue weighted by Crippen LogP contribution is 2.23. The van der Waals surface area contributed by atoms with Crippen LogP contribution in [0.1, 0.15) is 17.1 Å². The van der Waals surface area contributed by atoms with E-state index in [4.69, 9.17) is 17.3 Å². The van der Waals surface area contributed by atoms with Gasteiger partial charge in [-0.25, -0.2) is 15.0 Å². The van der Waals surface area contributed by atoms with E-state index in [0.29, 0.717) is 5.82 Å². The van der Waals surface area contributed by atoms with Gasteiger partial charge in [0.2, 0.25) is 0 Å². The van der Waals surface area contributed by atoms with Crippen molar-refractivity contribution >= 4 is 41.0 Å². The molecule has 0 radical (unpaired) electrons. The molecule has 3 aromatic heterocycles. The summed E-state index contributed by atoms with van der Waals surface area (Å²) < 4.78 is 0. The smallest absolute Gasteiger partial charge is 0.157 e. The van der Waals surface area contributed by atoms with Crippen LogP contribution in [-0.2, 0) is 12.8 Å². The minimum absolute atomic E-state index is 0. The average Bonchev–Trinajstić information content (AvgIpc) is 3.02. The molecule has 5 nitrogen and oxygen atoms in total. The zero-order valence-electron chi connectivity index (χ0n) is 14.7. The van der Waals surface area contributed by atoms with E-state index in [1.807, 2.05) is 49.5 Å². The van der Waals surface area contributed by atoms with Crippen molar-refractivity contribution in [1.82, 2.24) is 19.9 Å². The third kappa shape index (κ3) is 4.38. The minimum Gasteiger partial charge on any atom is -0.384 e. The Kier molecular flexibility index (Phi) is 5.63. The maximum atomic E-state index is 5.96. The number of aromatic nitrogens is 4. The van der Waals surface area contributed by atoms with Crippen LogP contribution >= 0.6 is 24.0 Å². The number of nitrogen functional groups attached to an aromatic ring is 1. The van der Waals surface area contributed by atoms with Crippen molar-refractivity contribution in [2.45, 2.75) is 19.8 Å². The van der Waals surface area contributed by atoms with Gasteiger partial charge in [-0.1, -0.05) is 23.7 Å². The van der Waals surface area contributed by atoms with Crippen LogP contribution in [0.5, 0.6) is 0 Å². The predicted octanol–water partition coefficient (Wildman–Crippen LogP) is 4.77. The number of anilines is 1. The van der Waals surface area contributed by atoms with Crippen molar-refractivity contribution in [3.05, 3.63) is 70.8 Å². The highest BCUT2D eigenvalue weighted by atomic mass is 35.5. The van der Waals surface area contributed by atoms with Crippen molar-refractivity contribution < 1.29 is 0 Å². The Labute approximate surface area is 168 Å². The molecule has 0 fully saturated rings. The number of aromatic amines is 1. The van der Waals surface area contributed by atoms with Crippen molar-refractivity contribution in [1.29, 1.82) is 0 Å². The number of hydrogen-bond acceptors (Lipinski definition) is 4. The molecule has 27 heavy (non-hydrogen) atoms. The summed E-state index contributed by atoms with van der Waals surface area (Å²) in [6.45, 7) is 2.02. The van der Waals surface area contributed by atoms with E-state index >= 15 is 0 Å². The molecule has 0 saturated carbocycles. The third-order valence-corrected chi connectivity index (χ3v) is 4.48. The van der Waals surface area contributed by atoms with Crippen molar-refractivity contribution in [2.24, 2.45) is 0 Å². The molecule has 0 bridgehead atoms. The van der Waals surface area contributed by atoms with E-state index in [-0.39, 0.29) is 12.4 Å². The molecule has 0 amide bonds. The zero-order chi connectivity index (χ0) is 18.1. The first-order valence-electron chi connectivity index (χ1n) is 8.40. The van der Waals surface area contributed by atoms with Crippen molar-refractivity contribution in [2.75, 3.05) is 5.73 Å². The SMILES string of the molecule is Cc1cc(N)nc(CCc2nc3cc(-c4ccc(Cl)cc4)cnc3[nH]2)c1.Cl. The summed E-state index contributed by atoms with van der Waals surface area (Å²) in [5.74, 6) is 1.45. The number of H-pyrrole nitrogens is 1. The fourth-order valence-corrected chi connectivity index (χ4v) is 3.13. The second-order valence-electron chi connectivity index (χ2n) is 6.34. The number of nitrogens with two attached hydrogens (primary N) is 1. The summed E-state index contributed by atoms with van der Waals surface area (Å²) in [6.07, 6.45) is 3.37. The lowest BCUT2D eigenvalue weighted by Crippen LogP contribution is -2.00. The fraction of sp³-hybridized carbons (Fsp3) is 0.150. The van der Waals surface area contributed by atoms with Crippen molar-refractivity contribution in [3.63, 3.8) is 0 Å². The summed E-state index contributed by atoms with van der Waals surface area (Å²) in [7, 11) is 0. The molecule has 1 aromatic carbocycles. The number of halogens is 2. The van der Waals surface area contributed by atoms with Gasteiger partial charge in [0, 0.05) is 28.9 Å². The molecule has 4 aromatic rings. The Balaban J connectivity index is 0.00000210. The number of hydrogen-bond donors (Lipinski definition) is 2. The number of nitrogens with zero attached hydrogens (tertiary/aromatic N) is 3. The number of imidazole rings is 1. The molecule has 0 aliphatic carbocycles. The summed E-state index contributed by atoms with van der Waals surface area (Å²) in [5, 5.41) is 0.718. The lowest BCUT2D eigenvalue weighted by molar-refractivity contribution is 0.860. The van der Waals surface area contributed by atoms with Crippen LogP contribution in [0, 0.1) is 6.92 Å². The van der Waals surface area contributed by atoms with Crippen LogP contribution in [0.4, 0.5) is 5.82 Å². The highest BCUT2D eigenvalue weighted by Gasteiger charge is 2.08. The lowest BCUT2D eigenvalue weighted by Gasteiger charge is -2.02. The van der Waals surface area contributed by atoms with Gasteiger partial charge in [0.1, 0.15) is 17.2 Å². The predicted molar refractivity (Wildman–Crippen MR) is 112 cm³/mol. The molecule has 0 saturated heterocycles. The Bertz CT molecular complexity index is 1050. The van der Waals surface area contributed by atoms with Gasteiger partial charge in [-0.05, 0) is 54.8 Å². The van der Waals surface area contributed by atoms with Gasteiger partial charge in [0.05, 0.1) is 0 Å². The van der Waals surface area contributed by atoms with Gasteiger partial charge in [-0.15, -0.1) is 12.4 Å². The van der Waals surface area contributed by atoms with E-state index in [2.05, 4.69) is 26.0 Å². The second kappa shape index (κ2) is 7.94. The maximum absolute atomic E-state index is 5.96. The number of aryl methyl sites for hydroxylation is 3. The lowest BCUT2D eigenvalue weighted by atomic mass is 10.1. The van der Waals surface area contributed by atoms with E-state index in [9.17, 15) is 0 Å². The van der Waals surface area contributed by atoms with Gasteiger partial charge < -0.3 is 10.7 Å². The van der Waals surface area contributed by atoms with Crippen LogP contribution in [-0.4, -0.2) is 19.9 Å². The van der Waals surface area contributed by atoms with Crippen LogP contribution in [0.3, 0.4) is 0 Å². The average molecular weight is 400 g/mol. The molecular weight excluding hydrogens is 381 g/mol. The van der Waals surface area contributed by atoms with Gasteiger partial charge in [-0.3, -0.25) is 0 Å². The van der Waals surface area contributed by atoms with Gasteiger partial charge in [0.15, 0.2) is 5.65 Å². The highest BCUT2D eigenvalue weighted by molar-refractivity contribution is 6.30. The van der Waals surface area contributed by atoms with Crippen LogP contribution in [0.25, 0.3) is 22.3 Å². The topological polar surface area (TPSA) is 80.5 Å². The van der Waals surface area contributed by atoms with Crippen molar-refractivity contribution in [3.8, 4) is 11.1 Å². The maximum Gasteiger partial charge on any atom is 0.157 e. The number of nitrogens with one attached hydrogen (secondary N) is 1. The van der Waals surface area contributed by atoms with E-state index in [1.54, 1.807) is 0 Å². The van der Waals surface area contributed by atoms with E-state index in [1.165, 1.54) is 0 Å². The molecule has 7 heteroatoms. The molecule has 0 unspecified atom stereocenters.